The number of rotatable bonds is 4. The van der Waals surface area contributed by atoms with E-state index in [0.29, 0.717) is 28.8 Å². The normalized spacial score (nSPS) is 13.2. The summed E-state index contributed by atoms with van der Waals surface area (Å²) in [5.41, 5.74) is 3.28. The Labute approximate surface area is 194 Å². The Hall–Kier alpha value is -3.35. The lowest BCUT2D eigenvalue weighted by Crippen LogP contribution is -2.30. The van der Waals surface area contributed by atoms with E-state index >= 15 is 0 Å². The molecule has 0 N–H and O–H groups in total. The van der Waals surface area contributed by atoms with Gasteiger partial charge in [0.2, 0.25) is 5.82 Å². The number of benzene rings is 3. The van der Waals surface area contributed by atoms with Gasteiger partial charge in [-0.25, -0.2) is 0 Å². The summed E-state index contributed by atoms with van der Waals surface area (Å²) in [5.74, 6) is 0.881. The van der Waals surface area contributed by atoms with Gasteiger partial charge in [-0.3, -0.25) is 4.79 Å². The first-order valence-electron chi connectivity index (χ1n) is 10.1. The molecule has 1 aliphatic rings. The lowest BCUT2D eigenvalue weighted by Gasteiger charge is -2.21. The summed E-state index contributed by atoms with van der Waals surface area (Å²) in [6.45, 7) is 2.56. The minimum absolute atomic E-state index is 0.00802. The Morgan fingerprint density at radius 1 is 1.03 bits per heavy atom. The average molecular weight is 460 g/mol. The summed E-state index contributed by atoms with van der Waals surface area (Å²) in [6, 6.07) is 21.1. The summed E-state index contributed by atoms with van der Waals surface area (Å²) in [5, 5.41) is 4.79. The van der Waals surface area contributed by atoms with E-state index in [9.17, 15) is 4.79 Å². The van der Waals surface area contributed by atoms with Crippen molar-refractivity contribution in [1.29, 1.82) is 0 Å². The van der Waals surface area contributed by atoms with E-state index in [0.717, 1.165) is 26.6 Å². The van der Waals surface area contributed by atoms with Crippen LogP contribution in [0, 0.1) is 0 Å². The molecule has 0 fully saturated rings. The molecule has 1 aromatic heterocycles. The number of hydrogen-bond donors (Lipinski definition) is 0. The van der Waals surface area contributed by atoms with E-state index in [1.807, 2.05) is 79.7 Å². The van der Waals surface area contributed by atoms with Crippen LogP contribution < -0.4 is 4.90 Å². The van der Waals surface area contributed by atoms with Gasteiger partial charge >= 0.3 is 0 Å². The number of anilines is 1. The number of halogens is 1. The summed E-state index contributed by atoms with van der Waals surface area (Å²) >= 11 is 7.77. The summed E-state index contributed by atoms with van der Waals surface area (Å²) in [6.07, 6.45) is 3.58. The van der Waals surface area contributed by atoms with E-state index < -0.39 is 0 Å². The zero-order valence-corrected chi connectivity index (χ0v) is 18.7. The van der Waals surface area contributed by atoms with Gasteiger partial charge in [0.25, 0.3) is 11.8 Å². The number of amides is 1. The van der Waals surface area contributed by atoms with Crippen molar-refractivity contribution in [2.75, 3.05) is 11.4 Å². The van der Waals surface area contributed by atoms with Crippen molar-refractivity contribution in [2.45, 2.75) is 16.7 Å². The van der Waals surface area contributed by atoms with Crippen LogP contribution in [0.1, 0.15) is 28.7 Å². The maximum atomic E-state index is 13.1. The molecule has 1 aliphatic heterocycles. The van der Waals surface area contributed by atoms with Gasteiger partial charge in [-0.1, -0.05) is 58.9 Å². The second-order valence-corrected chi connectivity index (χ2v) is 8.63. The second-order valence-electron chi connectivity index (χ2n) is 7.14. The van der Waals surface area contributed by atoms with Crippen LogP contribution in [0.2, 0.25) is 5.02 Å². The van der Waals surface area contributed by atoms with Gasteiger partial charge in [0.15, 0.2) is 0 Å². The first kappa shape index (κ1) is 20.5. The van der Waals surface area contributed by atoms with Crippen LogP contribution in [0.5, 0.6) is 0 Å². The Kier molecular flexibility index (Phi) is 5.55. The van der Waals surface area contributed by atoms with Crippen molar-refractivity contribution >= 4 is 47.1 Å². The SMILES string of the molecule is CCN1C(=O)c2ccccc2Sc2cc(-c3noc(/C=C/c4ccccc4Cl)n3)ccc21. The molecule has 4 aromatic rings. The molecule has 3 aromatic carbocycles. The fourth-order valence-electron chi connectivity index (χ4n) is 3.57. The molecular formula is C25H18ClN3O2S. The van der Waals surface area contributed by atoms with E-state index in [2.05, 4.69) is 10.1 Å². The van der Waals surface area contributed by atoms with Crippen LogP contribution >= 0.6 is 23.4 Å². The minimum atomic E-state index is 0.00802. The van der Waals surface area contributed by atoms with Gasteiger partial charge in [0.05, 0.1) is 11.3 Å². The fourth-order valence-corrected chi connectivity index (χ4v) is 4.89. The molecule has 0 aliphatic carbocycles. The zero-order chi connectivity index (χ0) is 22.1. The van der Waals surface area contributed by atoms with Crippen molar-refractivity contribution in [2.24, 2.45) is 0 Å². The lowest BCUT2D eigenvalue weighted by molar-refractivity contribution is 0.0985. The number of aromatic nitrogens is 2. The van der Waals surface area contributed by atoms with Crippen molar-refractivity contribution in [3.63, 3.8) is 0 Å². The molecule has 0 unspecified atom stereocenters. The number of fused-ring (bicyclic) bond motifs is 2. The Balaban J connectivity index is 1.48. The van der Waals surface area contributed by atoms with Gasteiger partial charge in [0, 0.05) is 33.0 Å². The third kappa shape index (κ3) is 3.83. The topological polar surface area (TPSA) is 59.2 Å². The van der Waals surface area contributed by atoms with Crippen LogP contribution in [-0.4, -0.2) is 22.6 Å². The highest BCUT2D eigenvalue weighted by atomic mass is 35.5. The summed E-state index contributed by atoms with van der Waals surface area (Å²) in [4.78, 5) is 21.3. The van der Waals surface area contributed by atoms with Gasteiger partial charge in [-0.05, 0) is 55.0 Å². The number of carbonyl (C=O) groups is 1. The van der Waals surface area contributed by atoms with E-state index in [4.69, 9.17) is 16.1 Å². The van der Waals surface area contributed by atoms with Crippen molar-refractivity contribution in [3.05, 3.63) is 88.8 Å². The molecule has 5 rings (SSSR count). The van der Waals surface area contributed by atoms with Gasteiger partial charge in [-0.2, -0.15) is 4.98 Å². The molecule has 2 heterocycles. The molecule has 0 saturated heterocycles. The molecule has 7 heteroatoms. The first-order valence-corrected chi connectivity index (χ1v) is 11.3. The van der Waals surface area contributed by atoms with Gasteiger partial charge < -0.3 is 9.42 Å². The predicted molar refractivity (Wildman–Crippen MR) is 128 cm³/mol. The highest BCUT2D eigenvalue weighted by molar-refractivity contribution is 7.99. The Morgan fingerprint density at radius 2 is 1.84 bits per heavy atom. The van der Waals surface area contributed by atoms with E-state index in [-0.39, 0.29) is 5.91 Å². The fraction of sp³-hybridized carbons (Fsp3) is 0.0800. The minimum Gasteiger partial charge on any atom is -0.334 e. The lowest BCUT2D eigenvalue weighted by atomic mass is 10.1. The van der Waals surface area contributed by atoms with Crippen LogP contribution in [-0.2, 0) is 0 Å². The molecule has 0 saturated carbocycles. The molecule has 1 amide bonds. The smallest absolute Gasteiger partial charge is 0.259 e. The Morgan fingerprint density at radius 3 is 2.69 bits per heavy atom. The third-order valence-corrected chi connectivity index (χ3v) is 6.63. The van der Waals surface area contributed by atoms with Crippen molar-refractivity contribution < 1.29 is 9.32 Å². The molecule has 0 radical (unpaired) electrons. The predicted octanol–water partition coefficient (Wildman–Crippen LogP) is 6.69. The summed E-state index contributed by atoms with van der Waals surface area (Å²) < 4.78 is 5.40. The van der Waals surface area contributed by atoms with Gasteiger partial charge in [-0.15, -0.1) is 0 Å². The number of nitrogens with zero attached hydrogens (tertiary/aromatic N) is 3. The standard InChI is InChI=1S/C25H18ClN3O2S/c1-2-29-20-13-11-17(15-22(20)32-21-10-6-4-8-18(21)25(29)30)24-27-23(31-28-24)14-12-16-7-3-5-9-19(16)26/h3-15H,2H2,1H3/b14-12+. The first-order chi connectivity index (χ1) is 15.6. The van der Waals surface area contributed by atoms with E-state index in [1.54, 1.807) is 22.7 Å². The summed E-state index contributed by atoms with van der Waals surface area (Å²) in [7, 11) is 0. The van der Waals surface area contributed by atoms with Crippen molar-refractivity contribution in [1.82, 2.24) is 10.1 Å². The van der Waals surface area contributed by atoms with Crippen LogP contribution in [0.4, 0.5) is 5.69 Å². The molecular weight excluding hydrogens is 442 g/mol. The monoisotopic (exact) mass is 459 g/mol. The molecule has 158 valence electrons. The van der Waals surface area contributed by atoms with Crippen molar-refractivity contribution in [3.8, 4) is 11.4 Å². The third-order valence-electron chi connectivity index (χ3n) is 5.16. The maximum Gasteiger partial charge on any atom is 0.259 e. The highest BCUT2D eigenvalue weighted by Crippen LogP contribution is 2.42. The second kappa shape index (κ2) is 8.65. The largest absolute Gasteiger partial charge is 0.334 e. The number of carbonyl (C=O) groups excluding carboxylic acids is 1. The molecule has 0 spiro atoms. The zero-order valence-electron chi connectivity index (χ0n) is 17.2. The number of hydrogen-bond acceptors (Lipinski definition) is 5. The van der Waals surface area contributed by atoms with Crippen LogP contribution in [0.25, 0.3) is 23.5 Å². The molecule has 0 bridgehead atoms. The molecule has 5 nitrogen and oxygen atoms in total. The average Bonchev–Trinajstić information content (AvgIpc) is 3.25. The van der Waals surface area contributed by atoms with E-state index in [1.165, 1.54) is 0 Å². The maximum absolute atomic E-state index is 13.1. The quantitative estimate of drug-likeness (QED) is 0.340. The van der Waals surface area contributed by atoms with Crippen LogP contribution in [0.3, 0.4) is 0 Å². The molecule has 0 atom stereocenters. The Bertz CT molecular complexity index is 1350. The van der Waals surface area contributed by atoms with Gasteiger partial charge in [0.1, 0.15) is 0 Å². The van der Waals surface area contributed by atoms with Crippen LogP contribution in [0.15, 0.2) is 81.0 Å². The highest BCUT2D eigenvalue weighted by Gasteiger charge is 2.26. The molecule has 32 heavy (non-hydrogen) atoms.